The van der Waals surface area contributed by atoms with Gasteiger partial charge < -0.3 is 9.64 Å². The smallest absolute Gasteiger partial charge is 0.173 e. The minimum atomic E-state index is 0.0409. The topological polar surface area (TPSA) is 59.3 Å². The number of aromatic nitrogens is 4. The second-order valence-corrected chi connectivity index (χ2v) is 8.68. The molecular weight excluding hydrogens is 400 g/mol. The summed E-state index contributed by atoms with van der Waals surface area (Å²) in [7, 11) is 0. The van der Waals surface area contributed by atoms with Crippen molar-refractivity contribution in [2.45, 2.75) is 44.7 Å². The van der Waals surface area contributed by atoms with Gasteiger partial charge in [-0.25, -0.2) is 4.68 Å². The Hall–Kier alpha value is -2.93. The largest absolute Gasteiger partial charge is 0.494 e. The highest BCUT2D eigenvalue weighted by molar-refractivity contribution is 5.46. The number of para-hydroxylation sites is 1. The van der Waals surface area contributed by atoms with Crippen molar-refractivity contribution < 1.29 is 4.74 Å². The normalized spacial score (nSPS) is 18.7. The van der Waals surface area contributed by atoms with Gasteiger partial charge in [0.1, 0.15) is 5.75 Å². The van der Waals surface area contributed by atoms with Gasteiger partial charge in [-0.3, -0.25) is 4.90 Å². The van der Waals surface area contributed by atoms with Crippen LogP contribution in [0.25, 0.3) is 0 Å². The van der Waals surface area contributed by atoms with E-state index in [-0.39, 0.29) is 6.04 Å². The second-order valence-electron chi connectivity index (χ2n) is 8.68. The Kier molecular flexibility index (Phi) is 6.34. The fourth-order valence-corrected chi connectivity index (χ4v) is 5.10. The maximum atomic E-state index is 5.68. The number of tetrazole rings is 1. The molecule has 2 aromatic carbocycles. The molecule has 2 heterocycles. The number of nitrogens with zero attached hydrogens (tertiary/aromatic N) is 6. The predicted octanol–water partition coefficient (Wildman–Crippen LogP) is 4.10. The molecule has 7 heteroatoms. The molecule has 0 N–H and O–H groups in total. The fraction of sp³-hybridized carbons (Fsp3) is 0.480. The van der Waals surface area contributed by atoms with Crippen LogP contribution >= 0.6 is 0 Å². The zero-order valence-corrected chi connectivity index (χ0v) is 18.8. The lowest BCUT2D eigenvalue weighted by Gasteiger charge is -2.40. The van der Waals surface area contributed by atoms with Crippen LogP contribution in [0, 0.1) is 0 Å². The molecule has 5 rings (SSSR count). The maximum absolute atomic E-state index is 5.68. The molecule has 0 amide bonds. The summed E-state index contributed by atoms with van der Waals surface area (Å²) in [4.78, 5) is 5.00. The summed E-state index contributed by atoms with van der Waals surface area (Å²) in [5.74, 6) is 1.87. The fourth-order valence-electron chi connectivity index (χ4n) is 5.10. The van der Waals surface area contributed by atoms with Gasteiger partial charge in [0.15, 0.2) is 5.82 Å². The lowest BCUT2D eigenvalue weighted by molar-refractivity contribution is 0.197. The Morgan fingerprint density at radius 1 is 0.938 bits per heavy atom. The Bertz CT molecular complexity index is 975. The zero-order chi connectivity index (χ0) is 21.8. The van der Waals surface area contributed by atoms with Crippen molar-refractivity contribution in [3.05, 3.63) is 66.0 Å². The third-order valence-electron chi connectivity index (χ3n) is 6.74. The molecule has 7 nitrogen and oxygen atoms in total. The number of piperazine rings is 1. The van der Waals surface area contributed by atoms with Crippen LogP contribution in [0.15, 0.2) is 54.6 Å². The monoisotopic (exact) mass is 432 g/mol. The molecular formula is C25H32N6O. The minimum Gasteiger partial charge on any atom is -0.494 e. The minimum absolute atomic E-state index is 0.0409. The molecule has 0 unspecified atom stereocenters. The average Bonchev–Trinajstić information content (AvgIpc) is 3.54. The van der Waals surface area contributed by atoms with Crippen molar-refractivity contribution >= 4 is 5.69 Å². The molecule has 2 fully saturated rings. The van der Waals surface area contributed by atoms with Gasteiger partial charge in [0.2, 0.25) is 0 Å². The molecule has 168 valence electrons. The molecule has 0 radical (unpaired) electrons. The molecule has 1 atom stereocenters. The summed E-state index contributed by atoms with van der Waals surface area (Å²) in [6, 6.07) is 19.6. The molecule has 1 aliphatic heterocycles. The molecule has 1 saturated carbocycles. The van der Waals surface area contributed by atoms with Crippen molar-refractivity contribution in [1.82, 2.24) is 25.1 Å². The summed E-state index contributed by atoms with van der Waals surface area (Å²) in [6.45, 7) is 6.59. The van der Waals surface area contributed by atoms with Crippen LogP contribution in [0.2, 0.25) is 0 Å². The van der Waals surface area contributed by atoms with Crippen LogP contribution in [0.1, 0.15) is 56.1 Å². The predicted molar refractivity (Wildman–Crippen MR) is 125 cm³/mol. The van der Waals surface area contributed by atoms with Crippen LogP contribution in [0.4, 0.5) is 5.69 Å². The van der Waals surface area contributed by atoms with E-state index in [2.05, 4.69) is 84.6 Å². The molecule has 0 bridgehead atoms. The van der Waals surface area contributed by atoms with Crippen LogP contribution in [0.5, 0.6) is 5.75 Å². The number of ether oxygens (including phenoxy) is 1. The maximum Gasteiger partial charge on any atom is 0.173 e. The highest BCUT2D eigenvalue weighted by Gasteiger charge is 2.33. The third kappa shape index (κ3) is 4.35. The van der Waals surface area contributed by atoms with Crippen molar-refractivity contribution in [1.29, 1.82) is 0 Å². The van der Waals surface area contributed by atoms with Gasteiger partial charge in [0, 0.05) is 31.9 Å². The first-order valence-electron chi connectivity index (χ1n) is 11.9. The van der Waals surface area contributed by atoms with E-state index in [9.17, 15) is 0 Å². The average molecular weight is 433 g/mol. The van der Waals surface area contributed by atoms with Crippen molar-refractivity contribution in [3.63, 3.8) is 0 Å². The molecule has 1 aromatic heterocycles. The molecule has 1 saturated heterocycles. The summed E-state index contributed by atoms with van der Waals surface area (Å²) in [5.41, 5.74) is 2.51. The van der Waals surface area contributed by atoms with Crippen molar-refractivity contribution in [2.24, 2.45) is 0 Å². The standard InChI is InChI=1S/C25H32N6O/c1-2-32-23-14-12-20(13-15-23)24(25-26-27-28-31(25)22-10-6-7-11-22)30-18-16-29(17-19-30)21-8-4-3-5-9-21/h3-5,8-9,12-15,22,24H,2,6-7,10-11,16-19H2,1H3/t24-/m1/s1. The van der Waals surface area contributed by atoms with Gasteiger partial charge in [0.25, 0.3) is 0 Å². The van der Waals surface area contributed by atoms with Crippen molar-refractivity contribution in [2.75, 3.05) is 37.7 Å². The van der Waals surface area contributed by atoms with Crippen LogP contribution < -0.4 is 9.64 Å². The van der Waals surface area contributed by atoms with Gasteiger partial charge in [-0.2, -0.15) is 0 Å². The lowest BCUT2D eigenvalue weighted by atomic mass is 10.0. The molecule has 1 aliphatic carbocycles. The highest BCUT2D eigenvalue weighted by atomic mass is 16.5. The Morgan fingerprint density at radius 3 is 2.34 bits per heavy atom. The number of anilines is 1. The molecule has 32 heavy (non-hydrogen) atoms. The Balaban J connectivity index is 1.42. The quantitative estimate of drug-likeness (QED) is 0.560. The van der Waals surface area contributed by atoms with E-state index < -0.39 is 0 Å². The summed E-state index contributed by atoms with van der Waals surface area (Å²) in [6.07, 6.45) is 4.84. The van der Waals surface area contributed by atoms with Crippen molar-refractivity contribution in [3.8, 4) is 5.75 Å². The third-order valence-corrected chi connectivity index (χ3v) is 6.74. The SMILES string of the molecule is CCOc1ccc([C@H](c2nnnn2C2CCCC2)N2CCN(c3ccccc3)CC2)cc1. The Labute approximate surface area is 190 Å². The van der Waals surface area contributed by atoms with Crippen LogP contribution in [0.3, 0.4) is 0 Å². The lowest BCUT2D eigenvalue weighted by Crippen LogP contribution is -2.48. The molecule has 3 aromatic rings. The van der Waals surface area contributed by atoms with E-state index in [1.54, 1.807) is 0 Å². The first kappa shape index (κ1) is 20.9. The van der Waals surface area contributed by atoms with Gasteiger partial charge in [-0.05, 0) is 60.0 Å². The van der Waals surface area contributed by atoms with Gasteiger partial charge in [-0.15, -0.1) is 5.10 Å². The summed E-state index contributed by atoms with van der Waals surface area (Å²) < 4.78 is 7.79. The van der Waals surface area contributed by atoms with E-state index in [0.29, 0.717) is 12.6 Å². The zero-order valence-electron chi connectivity index (χ0n) is 18.8. The van der Waals surface area contributed by atoms with Crippen LogP contribution in [-0.2, 0) is 0 Å². The summed E-state index contributed by atoms with van der Waals surface area (Å²) >= 11 is 0. The first-order valence-corrected chi connectivity index (χ1v) is 11.9. The molecule has 2 aliphatic rings. The van der Waals surface area contributed by atoms with Gasteiger partial charge >= 0.3 is 0 Å². The van der Waals surface area contributed by atoms with E-state index in [4.69, 9.17) is 4.74 Å². The second kappa shape index (κ2) is 9.69. The van der Waals surface area contributed by atoms with E-state index in [1.807, 2.05) is 6.92 Å². The summed E-state index contributed by atoms with van der Waals surface area (Å²) in [5, 5.41) is 13.1. The number of rotatable bonds is 7. The Morgan fingerprint density at radius 2 is 1.66 bits per heavy atom. The van der Waals surface area contributed by atoms with E-state index >= 15 is 0 Å². The van der Waals surface area contributed by atoms with Gasteiger partial charge in [-0.1, -0.05) is 43.2 Å². The van der Waals surface area contributed by atoms with E-state index in [0.717, 1.165) is 50.6 Å². The number of hydrogen-bond donors (Lipinski definition) is 0. The first-order chi connectivity index (χ1) is 15.8. The number of hydrogen-bond acceptors (Lipinski definition) is 6. The van der Waals surface area contributed by atoms with E-state index in [1.165, 1.54) is 24.1 Å². The highest BCUT2D eigenvalue weighted by Crippen LogP contribution is 2.35. The van der Waals surface area contributed by atoms with Gasteiger partial charge in [0.05, 0.1) is 18.7 Å². The number of benzene rings is 2. The molecule has 0 spiro atoms. The van der Waals surface area contributed by atoms with Crippen LogP contribution in [-0.4, -0.2) is 57.9 Å².